The number of anilines is 3. The van der Waals surface area contributed by atoms with E-state index in [0.717, 1.165) is 17.7 Å². The highest BCUT2D eigenvalue weighted by molar-refractivity contribution is 6.22. The van der Waals surface area contributed by atoms with Crippen LogP contribution in [0.1, 0.15) is 25.7 Å². The van der Waals surface area contributed by atoms with Gasteiger partial charge in [-0.05, 0) is 37.1 Å². The summed E-state index contributed by atoms with van der Waals surface area (Å²) in [4.78, 5) is 42.2. The number of halogens is 1. The smallest absolute Gasteiger partial charge is 0.294 e. The molecule has 33 heavy (non-hydrogen) atoms. The number of piperazine rings is 1. The van der Waals surface area contributed by atoms with Crippen LogP contribution in [-0.4, -0.2) is 42.9 Å². The molecule has 1 saturated carbocycles. The molecule has 3 aliphatic rings. The molecule has 0 bridgehead atoms. The Morgan fingerprint density at radius 1 is 0.848 bits per heavy atom. The number of para-hydroxylation sites is 1. The van der Waals surface area contributed by atoms with Gasteiger partial charge in [0.05, 0.1) is 28.1 Å². The van der Waals surface area contributed by atoms with Crippen molar-refractivity contribution in [1.29, 1.82) is 0 Å². The van der Waals surface area contributed by atoms with Gasteiger partial charge in [-0.3, -0.25) is 19.7 Å². The van der Waals surface area contributed by atoms with Crippen LogP contribution in [0.5, 0.6) is 0 Å². The summed E-state index contributed by atoms with van der Waals surface area (Å²) in [7, 11) is 0. The van der Waals surface area contributed by atoms with E-state index in [1.54, 1.807) is 30.3 Å². The lowest BCUT2D eigenvalue weighted by atomic mass is 9.81. The molecule has 2 aliphatic heterocycles. The molecule has 2 amide bonds. The molecule has 8 nitrogen and oxygen atoms in total. The maximum atomic E-state index is 14.1. The van der Waals surface area contributed by atoms with E-state index in [4.69, 9.17) is 0 Å². The maximum absolute atomic E-state index is 14.1. The standard InChI is InChI=1S/C24H25FN4O4/c25-19-7-3-4-8-20(19)26-11-13-27(14-12-26)21-10-9-16(15-22(21)29(32)33)28-23(30)17-5-1-2-6-18(17)24(28)31/h3-4,7-10,15,17-18H,1-2,5-6,11-14H2/t17-,18-/m1/s1. The van der Waals surface area contributed by atoms with Crippen LogP contribution in [0.2, 0.25) is 0 Å². The molecule has 2 atom stereocenters. The summed E-state index contributed by atoms with van der Waals surface area (Å²) in [6.45, 7) is 2.01. The normalized spacial score (nSPS) is 23.1. The minimum atomic E-state index is -0.472. The Balaban J connectivity index is 1.38. The number of fused-ring (bicyclic) bond motifs is 1. The van der Waals surface area contributed by atoms with Gasteiger partial charge in [0.2, 0.25) is 11.8 Å². The second kappa shape index (κ2) is 8.46. The molecule has 3 fully saturated rings. The second-order valence-electron chi connectivity index (χ2n) is 8.86. The quantitative estimate of drug-likeness (QED) is 0.399. The molecule has 2 aromatic rings. The van der Waals surface area contributed by atoms with Crippen LogP contribution in [0.4, 0.5) is 27.1 Å². The lowest BCUT2D eigenvalue weighted by Gasteiger charge is -2.37. The number of carbonyl (C=O) groups is 2. The summed E-state index contributed by atoms with van der Waals surface area (Å²) < 4.78 is 14.1. The number of hydrogen-bond acceptors (Lipinski definition) is 6. The molecule has 172 valence electrons. The zero-order valence-electron chi connectivity index (χ0n) is 18.2. The third-order valence-electron chi connectivity index (χ3n) is 7.07. The first-order chi connectivity index (χ1) is 16.0. The molecule has 2 saturated heterocycles. The number of nitro groups is 1. The van der Waals surface area contributed by atoms with Gasteiger partial charge in [0.25, 0.3) is 5.69 Å². The molecule has 0 N–H and O–H groups in total. The predicted octanol–water partition coefficient (Wildman–Crippen LogP) is 3.74. The van der Waals surface area contributed by atoms with Gasteiger partial charge in [-0.2, -0.15) is 0 Å². The first kappa shape index (κ1) is 21.4. The van der Waals surface area contributed by atoms with Crippen LogP contribution in [0.3, 0.4) is 0 Å². The average molecular weight is 452 g/mol. The highest BCUT2D eigenvalue weighted by Gasteiger charge is 2.49. The van der Waals surface area contributed by atoms with Crippen molar-refractivity contribution < 1.29 is 18.9 Å². The van der Waals surface area contributed by atoms with E-state index in [-0.39, 0.29) is 40.8 Å². The summed E-state index contributed by atoms with van der Waals surface area (Å²) in [6, 6.07) is 11.2. The Morgan fingerprint density at radius 3 is 2.00 bits per heavy atom. The first-order valence-corrected chi connectivity index (χ1v) is 11.4. The first-order valence-electron chi connectivity index (χ1n) is 11.4. The number of carbonyl (C=O) groups excluding carboxylic acids is 2. The van der Waals surface area contributed by atoms with Gasteiger partial charge in [-0.15, -0.1) is 0 Å². The highest BCUT2D eigenvalue weighted by Crippen LogP contribution is 2.42. The van der Waals surface area contributed by atoms with Crippen molar-refractivity contribution in [3.05, 3.63) is 58.4 Å². The molecule has 1 aliphatic carbocycles. The van der Waals surface area contributed by atoms with Gasteiger partial charge < -0.3 is 9.80 Å². The fraction of sp³-hybridized carbons (Fsp3) is 0.417. The lowest BCUT2D eigenvalue weighted by Crippen LogP contribution is -2.47. The Kier molecular flexibility index (Phi) is 5.47. The van der Waals surface area contributed by atoms with Crippen LogP contribution >= 0.6 is 0 Å². The van der Waals surface area contributed by atoms with E-state index in [1.165, 1.54) is 12.1 Å². The second-order valence-corrected chi connectivity index (χ2v) is 8.86. The Hall–Kier alpha value is -3.49. The number of rotatable bonds is 4. The summed E-state index contributed by atoms with van der Waals surface area (Å²) >= 11 is 0. The summed E-state index contributed by atoms with van der Waals surface area (Å²) in [5, 5.41) is 11.9. The molecule has 2 aromatic carbocycles. The predicted molar refractivity (Wildman–Crippen MR) is 122 cm³/mol. The fourth-order valence-electron chi connectivity index (χ4n) is 5.38. The number of amides is 2. The largest absolute Gasteiger partial charge is 0.366 e. The monoisotopic (exact) mass is 452 g/mol. The average Bonchev–Trinajstić information content (AvgIpc) is 3.09. The van der Waals surface area contributed by atoms with Crippen molar-refractivity contribution in [3.63, 3.8) is 0 Å². The van der Waals surface area contributed by atoms with Crippen LogP contribution in [0.15, 0.2) is 42.5 Å². The minimum absolute atomic E-state index is 0.137. The minimum Gasteiger partial charge on any atom is -0.366 e. The van der Waals surface area contributed by atoms with Gasteiger partial charge in [0.15, 0.2) is 0 Å². The van der Waals surface area contributed by atoms with Crippen LogP contribution < -0.4 is 14.7 Å². The zero-order chi connectivity index (χ0) is 23.1. The van der Waals surface area contributed by atoms with Crippen molar-refractivity contribution in [2.75, 3.05) is 40.9 Å². The van der Waals surface area contributed by atoms with E-state index in [2.05, 4.69) is 0 Å². The van der Waals surface area contributed by atoms with Gasteiger partial charge >= 0.3 is 0 Å². The zero-order valence-corrected chi connectivity index (χ0v) is 18.2. The molecule has 0 spiro atoms. The SMILES string of the molecule is O=C1[C@@H]2CCCC[C@H]2C(=O)N1c1ccc(N2CCN(c3ccccc3F)CC2)c([N+](=O)[O-])c1. The van der Waals surface area contributed by atoms with Gasteiger partial charge in [0.1, 0.15) is 11.5 Å². The molecule has 0 aromatic heterocycles. The van der Waals surface area contributed by atoms with Crippen molar-refractivity contribution in [2.45, 2.75) is 25.7 Å². The Bertz CT molecular complexity index is 1090. The van der Waals surface area contributed by atoms with E-state index in [1.807, 2.05) is 9.80 Å². The van der Waals surface area contributed by atoms with Crippen LogP contribution in [-0.2, 0) is 9.59 Å². The highest BCUT2D eigenvalue weighted by atomic mass is 19.1. The van der Waals surface area contributed by atoms with Crippen molar-refractivity contribution in [2.24, 2.45) is 11.8 Å². The van der Waals surface area contributed by atoms with Crippen molar-refractivity contribution in [1.82, 2.24) is 0 Å². The summed E-state index contributed by atoms with van der Waals surface area (Å²) in [5.74, 6) is -1.40. The molecular weight excluding hydrogens is 427 g/mol. The topological polar surface area (TPSA) is 87.0 Å². The molecule has 0 radical (unpaired) electrons. The van der Waals surface area contributed by atoms with E-state index >= 15 is 0 Å². The van der Waals surface area contributed by atoms with E-state index in [9.17, 15) is 24.1 Å². The Morgan fingerprint density at radius 2 is 1.42 bits per heavy atom. The van der Waals surface area contributed by atoms with E-state index in [0.29, 0.717) is 50.4 Å². The molecular formula is C24H25FN4O4. The van der Waals surface area contributed by atoms with Crippen molar-refractivity contribution in [3.8, 4) is 0 Å². The third-order valence-corrected chi connectivity index (χ3v) is 7.07. The van der Waals surface area contributed by atoms with Gasteiger partial charge in [-0.1, -0.05) is 25.0 Å². The number of nitro benzene ring substituents is 1. The van der Waals surface area contributed by atoms with Crippen molar-refractivity contribution >= 4 is 34.6 Å². The summed E-state index contributed by atoms with van der Waals surface area (Å²) in [6.07, 6.45) is 3.23. The van der Waals surface area contributed by atoms with Gasteiger partial charge in [0, 0.05) is 32.2 Å². The molecule has 5 rings (SSSR count). The van der Waals surface area contributed by atoms with Crippen LogP contribution in [0, 0.1) is 27.8 Å². The molecule has 2 heterocycles. The number of benzene rings is 2. The lowest BCUT2D eigenvalue weighted by molar-refractivity contribution is -0.384. The van der Waals surface area contributed by atoms with Crippen LogP contribution in [0.25, 0.3) is 0 Å². The van der Waals surface area contributed by atoms with Gasteiger partial charge in [-0.25, -0.2) is 9.29 Å². The van der Waals surface area contributed by atoms with E-state index < -0.39 is 4.92 Å². The molecule has 0 unspecified atom stereocenters. The number of nitrogens with zero attached hydrogens (tertiary/aromatic N) is 4. The number of hydrogen-bond donors (Lipinski definition) is 0. The number of imide groups is 1. The molecule has 9 heteroatoms. The third kappa shape index (κ3) is 3.71. The maximum Gasteiger partial charge on any atom is 0.294 e. The Labute approximate surface area is 190 Å². The fourth-order valence-corrected chi connectivity index (χ4v) is 5.38. The summed E-state index contributed by atoms with van der Waals surface area (Å²) in [5.41, 5.74) is 1.09.